The standard InChI is InChI=1S/C39H26FN2S.Pd/c1-39(2)30-16-4-5-18-32(30)42(33-20-21-35-36(37(33)39)29-15-3-6-19-34(29)43-35)28-14-10-13-27(24-28)38(40)26-12-9-11-25(23-26)31-17-7-8-22-41-31;/h3-17,19-22,38H,1-2H3;/q-3;. The molecule has 0 saturated heterocycles. The molecule has 5 aromatic carbocycles. The van der Waals surface area contributed by atoms with Crippen LogP contribution in [0.15, 0.2) is 115 Å². The second kappa shape index (κ2) is 11.1. The molecule has 7 aromatic rings. The number of pyridine rings is 1. The van der Waals surface area contributed by atoms with Crippen LogP contribution in [0.2, 0.25) is 0 Å². The third-order valence-corrected chi connectivity index (χ3v) is 9.60. The fraction of sp³-hybridized carbons (Fsp3) is 0.103. The first-order valence-electron chi connectivity index (χ1n) is 14.4. The van der Waals surface area contributed by atoms with Crippen LogP contribution in [0.25, 0.3) is 31.4 Å². The van der Waals surface area contributed by atoms with E-state index in [0.29, 0.717) is 11.1 Å². The molecule has 1 aliphatic heterocycles. The molecule has 0 radical (unpaired) electrons. The zero-order valence-electron chi connectivity index (χ0n) is 24.0. The molecule has 1 atom stereocenters. The van der Waals surface area contributed by atoms with Gasteiger partial charge in [-0.3, -0.25) is 0 Å². The van der Waals surface area contributed by atoms with Gasteiger partial charge in [-0.2, -0.15) is 42.5 Å². The molecular formula is C39H26FN2PdS-3. The Labute approximate surface area is 274 Å². The van der Waals surface area contributed by atoms with Gasteiger partial charge in [0.25, 0.3) is 0 Å². The van der Waals surface area contributed by atoms with Crippen molar-refractivity contribution < 1.29 is 24.8 Å². The monoisotopic (exact) mass is 679 g/mol. The topological polar surface area (TPSA) is 16.1 Å². The Hall–Kier alpha value is -4.14. The molecule has 2 aromatic heterocycles. The van der Waals surface area contributed by atoms with Gasteiger partial charge in [0, 0.05) is 52.5 Å². The van der Waals surface area contributed by atoms with Crippen LogP contribution < -0.4 is 4.90 Å². The number of para-hydroxylation sites is 1. The Morgan fingerprint density at radius 2 is 1.59 bits per heavy atom. The number of anilines is 3. The van der Waals surface area contributed by atoms with Crippen LogP contribution in [0.4, 0.5) is 21.5 Å². The summed E-state index contributed by atoms with van der Waals surface area (Å²) in [6.07, 6.45) is 0.339. The largest absolute Gasteiger partial charge is 0.358 e. The van der Waals surface area contributed by atoms with Crippen molar-refractivity contribution in [2.75, 3.05) is 4.90 Å². The minimum atomic E-state index is -1.40. The summed E-state index contributed by atoms with van der Waals surface area (Å²) in [7, 11) is 0. The number of hydrogen-bond donors (Lipinski definition) is 0. The Morgan fingerprint density at radius 3 is 2.43 bits per heavy atom. The van der Waals surface area contributed by atoms with Crippen molar-refractivity contribution in [3.63, 3.8) is 0 Å². The van der Waals surface area contributed by atoms with E-state index in [9.17, 15) is 0 Å². The van der Waals surface area contributed by atoms with Crippen molar-refractivity contribution in [1.82, 2.24) is 4.98 Å². The molecular weight excluding hydrogens is 654 g/mol. The van der Waals surface area contributed by atoms with Crippen molar-refractivity contribution in [1.29, 1.82) is 0 Å². The molecule has 0 spiro atoms. The molecule has 0 fully saturated rings. The minimum absolute atomic E-state index is 0. The Morgan fingerprint density at radius 1 is 0.795 bits per heavy atom. The van der Waals surface area contributed by atoms with Gasteiger partial charge in [0.1, 0.15) is 6.17 Å². The van der Waals surface area contributed by atoms with Gasteiger partial charge < -0.3 is 9.88 Å². The molecule has 8 rings (SSSR count). The first kappa shape index (κ1) is 28.6. The van der Waals surface area contributed by atoms with Gasteiger partial charge in [-0.05, 0) is 40.9 Å². The fourth-order valence-corrected chi connectivity index (χ4v) is 7.59. The van der Waals surface area contributed by atoms with Crippen LogP contribution in [-0.4, -0.2) is 4.98 Å². The fourth-order valence-electron chi connectivity index (χ4n) is 6.47. The molecule has 44 heavy (non-hydrogen) atoms. The van der Waals surface area contributed by atoms with Gasteiger partial charge in [0.05, 0.1) is 0 Å². The zero-order valence-corrected chi connectivity index (χ0v) is 26.4. The first-order chi connectivity index (χ1) is 21.0. The van der Waals surface area contributed by atoms with Crippen LogP contribution in [0.1, 0.15) is 42.3 Å². The van der Waals surface area contributed by atoms with Gasteiger partial charge in [-0.1, -0.05) is 61.1 Å². The van der Waals surface area contributed by atoms with Gasteiger partial charge in [-0.25, -0.2) is 4.39 Å². The number of rotatable bonds is 4. The maximum atomic E-state index is 16.3. The van der Waals surface area contributed by atoms with Gasteiger partial charge in [-0.15, -0.1) is 58.4 Å². The predicted octanol–water partition coefficient (Wildman–Crippen LogP) is 10.7. The minimum Gasteiger partial charge on any atom is -0.358 e. The molecule has 218 valence electrons. The molecule has 1 aliphatic rings. The van der Waals surface area contributed by atoms with Crippen LogP contribution in [0.3, 0.4) is 0 Å². The van der Waals surface area contributed by atoms with Crippen molar-refractivity contribution in [2.24, 2.45) is 0 Å². The predicted molar refractivity (Wildman–Crippen MR) is 175 cm³/mol. The first-order valence-corrected chi connectivity index (χ1v) is 15.2. The molecule has 0 aliphatic carbocycles. The average Bonchev–Trinajstić information content (AvgIpc) is 3.44. The van der Waals surface area contributed by atoms with E-state index in [2.05, 4.69) is 90.5 Å². The van der Waals surface area contributed by atoms with Crippen molar-refractivity contribution in [3.8, 4) is 11.3 Å². The van der Waals surface area contributed by atoms with E-state index >= 15 is 4.39 Å². The molecule has 3 heterocycles. The van der Waals surface area contributed by atoms with Crippen molar-refractivity contribution in [2.45, 2.75) is 25.4 Å². The summed E-state index contributed by atoms with van der Waals surface area (Å²) in [5.41, 5.74) is 7.42. The van der Waals surface area contributed by atoms with Crippen LogP contribution >= 0.6 is 11.3 Å². The number of halogens is 1. The molecule has 2 nitrogen and oxygen atoms in total. The zero-order chi connectivity index (χ0) is 29.1. The summed E-state index contributed by atoms with van der Waals surface area (Å²) in [6, 6.07) is 46.4. The SMILES string of the molecule is CC1(C)c2ccc[c-]c2N(c2[c-]c(C(F)c3[c-]c(-c4ccccn4)ccc3)ccc2)c2ccc3sc4ccccc4c3c21.[Pd]. The normalized spacial score (nSPS) is 14.1. The Bertz CT molecular complexity index is 2150. The van der Waals surface area contributed by atoms with Gasteiger partial charge in [0.15, 0.2) is 0 Å². The van der Waals surface area contributed by atoms with Crippen molar-refractivity contribution in [3.05, 3.63) is 156 Å². The summed E-state index contributed by atoms with van der Waals surface area (Å²) in [6.45, 7) is 4.59. The second-order valence-corrected chi connectivity index (χ2v) is 12.5. The van der Waals surface area contributed by atoms with Crippen molar-refractivity contribution >= 4 is 48.6 Å². The Kier molecular flexibility index (Phi) is 7.22. The van der Waals surface area contributed by atoms with Crippen LogP contribution in [-0.2, 0) is 25.8 Å². The van der Waals surface area contributed by atoms with E-state index in [-0.39, 0.29) is 25.8 Å². The number of alkyl halides is 1. The Balaban J connectivity index is 0.00000312. The summed E-state index contributed by atoms with van der Waals surface area (Å²) >= 11 is 1.83. The quantitative estimate of drug-likeness (QED) is 0.136. The number of hydrogen-bond acceptors (Lipinski definition) is 3. The summed E-state index contributed by atoms with van der Waals surface area (Å²) < 4.78 is 18.8. The number of fused-ring (bicyclic) bond motifs is 6. The average molecular weight is 680 g/mol. The molecule has 0 bridgehead atoms. The van der Waals surface area contributed by atoms with E-state index < -0.39 is 6.17 Å². The van der Waals surface area contributed by atoms with E-state index in [1.807, 2.05) is 59.9 Å². The summed E-state index contributed by atoms with van der Waals surface area (Å²) in [5.74, 6) is 0. The van der Waals surface area contributed by atoms with Crippen LogP contribution in [0.5, 0.6) is 0 Å². The molecule has 0 amide bonds. The third-order valence-electron chi connectivity index (χ3n) is 8.47. The summed E-state index contributed by atoms with van der Waals surface area (Å²) in [5, 5.41) is 2.55. The maximum Gasteiger partial charge on any atom is 0.111 e. The van der Waals surface area contributed by atoms with Gasteiger partial charge >= 0.3 is 0 Å². The number of aromatic nitrogens is 1. The molecule has 5 heteroatoms. The molecule has 0 N–H and O–H groups in total. The second-order valence-electron chi connectivity index (χ2n) is 11.4. The number of nitrogens with zero attached hydrogens (tertiary/aromatic N) is 2. The van der Waals surface area contributed by atoms with E-state index in [4.69, 9.17) is 0 Å². The molecule has 1 unspecified atom stereocenters. The van der Waals surface area contributed by atoms with Crippen LogP contribution in [0, 0.1) is 18.2 Å². The smallest absolute Gasteiger partial charge is 0.111 e. The van der Waals surface area contributed by atoms with E-state index in [1.165, 1.54) is 31.3 Å². The third kappa shape index (κ3) is 4.51. The van der Waals surface area contributed by atoms with Gasteiger partial charge in [0.2, 0.25) is 0 Å². The molecule has 0 saturated carbocycles. The van der Waals surface area contributed by atoms with E-state index in [0.717, 1.165) is 28.3 Å². The van der Waals surface area contributed by atoms with E-state index in [1.54, 1.807) is 18.3 Å². The number of benzene rings is 5. The maximum absolute atomic E-state index is 16.3. The summed E-state index contributed by atoms with van der Waals surface area (Å²) in [4.78, 5) is 6.62. The number of thiophene rings is 1.